The number of pyridine rings is 1. The lowest BCUT2D eigenvalue weighted by Gasteiger charge is -2.33. The Labute approximate surface area is 142 Å². The van der Waals surface area contributed by atoms with Crippen LogP contribution in [0.5, 0.6) is 0 Å². The zero-order chi connectivity index (χ0) is 16.6. The number of aryl methyl sites for hydroxylation is 2. The molecule has 0 aliphatic heterocycles. The van der Waals surface area contributed by atoms with Crippen LogP contribution in [-0.4, -0.2) is 10.9 Å². The largest absolute Gasteiger partial charge is 0.306 e. The van der Waals surface area contributed by atoms with Gasteiger partial charge in [-0.05, 0) is 60.8 Å². The first kappa shape index (κ1) is 16.2. The van der Waals surface area contributed by atoms with E-state index in [9.17, 15) is 4.79 Å². The summed E-state index contributed by atoms with van der Waals surface area (Å²) in [6, 6.07) is 5.92. The number of carbonyl (C=O) groups excluding carboxylic acids is 1. The number of carbonyl (C=O) groups is 1. The Morgan fingerprint density at radius 2 is 2.17 bits per heavy atom. The van der Waals surface area contributed by atoms with E-state index in [0.717, 1.165) is 23.3 Å². The molecule has 23 heavy (non-hydrogen) atoms. The van der Waals surface area contributed by atoms with Gasteiger partial charge in [-0.25, -0.2) is 4.98 Å². The van der Waals surface area contributed by atoms with Crippen molar-refractivity contribution < 1.29 is 4.79 Å². The van der Waals surface area contributed by atoms with Crippen molar-refractivity contribution >= 4 is 23.1 Å². The van der Waals surface area contributed by atoms with E-state index in [0.29, 0.717) is 17.2 Å². The number of anilines is 1. The molecule has 2 heterocycles. The Balaban J connectivity index is 1.77. The summed E-state index contributed by atoms with van der Waals surface area (Å²) in [5.74, 6) is 1.30. The monoisotopic (exact) mass is 328 g/mol. The molecule has 1 aliphatic carbocycles. The molecule has 0 bridgehead atoms. The van der Waals surface area contributed by atoms with Crippen LogP contribution in [0.1, 0.15) is 52.9 Å². The lowest BCUT2D eigenvalue weighted by Crippen LogP contribution is -2.26. The van der Waals surface area contributed by atoms with Crippen molar-refractivity contribution in [2.75, 3.05) is 5.32 Å². The number of thiophene rings is 1. The smallest absolute Gasteiger partial charge is 0.266 e. The molecule has 0 radical (unpaired) electrons. The lowest BCUT2D eigenvalue weighted by molar-refractivity contribution is 0.103. The number of amides is 1. The molecule has 4 heteroatoms. The second kappa shape index (κ2) is 6.08. The molecule has 1 N–H and O–H groups in total. The first-order valence-electron chi connectivity index (χ1n) is 8.19. The van der Waals surface area contributed by atoms with Crippen molar-refractivity contribution in [2.45, 2.75) is 47.0 Å². The standard InChI is InChI=1S/C19H24N2OS/c1-12-6-5-9-20-17(12)21-18(22)16-11-13-10-14(19(2,3)4)7-8-15(13)23-16/h5-6,9,11,14H,7-8,10H2,1-4H3,(H,20,21,22). The fraction of sp³-hybridized carbons (Fsp3) is 0.474. The third-order valence-electron chi connectivity index (χ3n) is 4.77. The van der Waals surface area contributed by atoms with Crippen molar-refractivity contribution in [3.05, 3.63) is 45.3 Å². The van der Waals surface area contributed by atoms with Gasteiger partial charge in [0.25, 0.3) is 5.91 Å². The zero-order valence-electron chi connectivity index (χ0n) is 14.3. The SMILES string of the molecule is Cc1cccnc1NC(=O)c1cc2c(s1)CCC(C(C)(C)C)C2. The van der Waals surface area contributed by atoms with Gasteiger partial charge in [-0.2, -0.15) is 0 Å². The van der Waals surface area contributed by atoms with Crippen LogP contribution < -0.4 is 5.32 Å². The van der Waals surface area contributed by atoms with E-state index in [-0.39, 0.29) is 5.91 Å². The highest BCUT2D eigenvalue weighted by Gasteiger charge is 2.30. The number of nitrogens with zero attached hydrogens (tertiary/aromatic N) is 1. The van der Waals surface area contributed by atoms with Gasteiger partial charge in [0.2, 0.25) is 0 Å². The van der Waals surface area contributed by atoms with Crippen LogP contribution in [0.25, 0.3) is 0 Å². The number of aromatic nitrogens is 1. The van der Waals surface area contributed by atoms with Crippen LogP contribution >= 0.6 is 11.3 Å². The minimum atomic E-state index is -0.0430. The molecule has 2 aromatic heterocycles. The molecule has 1 atom stereocenters. The molecule has 1 unspecified atom stereocenters. The molecule has 0 fully saturated rings. The highest BCUT2D eigenvalue weighted by atomic mass is 32.1. The fourth-order valence-corrected chi connectivity index (χ4v) is 4.26. The van der Waals surface area contributed by atoms with Gasteiger partial charge in [0.15, 0.2) is 0 Å². The molecule has 0 aromatic carbocycles. The molecule has 1 amide bonds. The van der Waals surface area contributed by atoms with Gasteiger partial charge in [-0.3, -0.25) is 4.79 Å². The quantitative estimate of drug-likeness (QED) is 0.856. The van der Waals surface area contributed by atoms with Crippen LogP contribution in [0.15, 0.2) is 24.4 Å². The molecule has 1 aliphatic rings. The first-order valence-corrected chi connectivity index (χ1v) is 9.01. The van der Waals surface area contributed by atoms with E-state index < -0.39 is 0 Å². The van der Waals surface area contributed by atoms with Gasteiger partial charge in [-0.1, -0.05) is 26.8 Å². The Bertz CT molecular complexity index is 727. The topological polar surface area (TPSA) is 42.0 Å². The summed E-state index contributed by atoms with van der Waals surface area (Å²) in [6.07, 6.45) is 5.11. The summed E-state index contributed by atoms with van der Waals surface area (Å²) in [4.78, 5) is 18.9. The van der Waals surface area contributed by atoms with Crippen LogP contribution in [0, 0.1) is 18.3 Å². The molecule has 2 aromatic rings. The zero-order valence-corrected chi connectivity index (χ0v) is 15.1. The summed E-state index contributed by atoms with van der Waals surface area (Å²) >= 11 is 1.64. The predicted molar refractivity (Wildman–Crippen MR) is 96.2 cm³/mol. The lowest BCUT2D eigenvalue weighted by atomic mass is 9.72. The summed E-state index contributed by atoms with van der Waals surface area (Å²) in [7, 11) is 0. The Morgan fingerprint density at radius 1 is 1.39 bits per heavy atom. The van der Waals surface area contributed by atoms with Crippen LogP contribution in [0.4, 0.5) is 5.82 Å². The van der Waals surface area contributed by atoms with E-state index in [1.165, 1.54) is 16.9 Å². The van der Waals surface area contributed by atoms with Gasteiger partial charge in [-0.15, -0.1) is 11.3 Å². The Kier molecular flexibility index (Phi) is 4.28. The molecule has 3 rings (SSSR count). The Hall–Kier alpha value is -1.68. The van der Waals surface area contributed by atoms with E-state index in [1.807, 2.05) is 19.1 Å². The van der Waals surface area contributed by atoms with Crippen LogP contribution in [0.2, 0.25) is 0 Å². The van der Waals surface area contributed by atoms with Gasteiger partial charge in [0.1, 0.15) is 5.82 Å². The van der Waals surface area contributed by atoms with Crippen LogP contribution in [0.3, 0.4) is 0 Å². The van der Waals surface area contributed by atoms with Crippen molar-refractivity contribution in [3.8, 4) is 0 Å². The highest BCUT2D eigenvalue weighted by Crippen LogP contribution is 2.40. The molecule has 3 nitrogen and oxygen atoms in total. The predicted octanol–water partition coefficient (Wildman–Crippen LogP) is 4.85. The average Bonchev–Trinajstić information content (AvgIpc) is 2.92. The number of rotatable bonds is 2. The summed E-state index contributed by atoms with van der Waals surface area (Å²) in [5.41, 5.74) is 2.67. The van der Waals surface area contributed by atoms with Crippen molar-refractivity contribution in [3.63, 3.8) is 0 Å². The van der Waals surface area contributed by atoms with Gasteiger partial charge >= 0.3 is 0 Å². The summed E-state index contributed by atoms with van der Waals surface area (Å²) in [6.45, 7) is 8.89. The minimum Gasteiger partial charge on any atom is -0.306 e. The van der Waals surface area contributed by atoms with E-state index in [1.54, 1.807) is 17.5 Å². The maximum atomic E-state index is 12.5. The third kappa shape index (κ3) is 3.47. The minimum absolute atomic E-state index is 0.0430. The van der Waals surface area contributed by atoms with Gasteiger partial charge < -0.3 is 5.32 Å². The number of hydrogen-bond acceptors (Lipinski definition) is 3. The third-order valence-corrected chi connectivity index (χ3v) is 6.01. The summed E-state index contributed by atoms with van der Waals surface area (Å²) in [5, 5.41) is 2.94. The molecular formula is C19H24N2OS. The molecular weight excluding hydrogens is 304 g/mol. The molecule has 0 spiro atoms. The van der Waals surface area contributed by atoms with Crippen LogP contribution in [-0.2, 0) is 12.8 Å². The maximum Gasteiger partial charge on any atom is 0.266 e. The number of nitrogens with one attached hydrogen (secondary N) is 1. The number of hydrogen-bond donors (Lipinski definition) is 1. The van der Waals surface area contributed by atoms with Crippen molar-refractivity contribution in [1.29, 1.82) is 0 Å². The van der Waals surface area contributed by atoms with Crippen molar-refractivity contribution in [2.24, 2.45) is 11.3 Å². The van der Waals surface area contributed by atoms with E-state index in [4.69, 9.17) is 0 Å². The normalized spacial score (nSPS) is 17.7. The van der Waals surface area contributed by atoms with Gasteiger partial charge in [0, 0.05) is 11.1 Å². The fourth-order valence-electron chi connectivity index (χ4n) is 3.16. The average molecular weight is 328 g/mol. The second-order valence-electron chi connectivity index (χ2n) is 7.49. The van der Waals surface area contributed by atoms with E-state index >= 15 is 0 Å². The first-order chi connectivity index (χ1) is 10.8. The molecule has 0 saturated carbocycles. The Morgan fingerprint density at radius 3 is 2.87 bits per heavy atom. The van der Waals surface area contributed by atoms with E-state index in [2.05, 4.69) is 37.1 Å². The molecule has 0 saturated heterocycles. The summed E-state index contributed by atoms with van der Waals surface area (Å²) < 4.78 is 0. The van der Waals surface area contributed by atoms with Crippen molar-refractivity contribution in [1.82, 2.24) is 4.98 Å². The highest BCUT2D eigenvalue weighted by molar-refractivity contribution is 7.14. The molecule has 122 valence electrons. The number of fused-ring (bicyclic) bond motifs is 1. The second-order valence-corrected chi connectivity index (χ2v) is 8.62. The maximum absolute atomic E-state index is 12.5. The van der Waals surface area contributed by atoms with Gasteiger partial charge in [0.05, 0.1) is 4.88 Å².